The third-order valence-electron chi connectivity index (χ3n) is 3.92. The molecule has 0 spiro atoms. The fraction of sp³-hybridized carbons (Fsp3) is 0.167. The van der Waals surface area contributed by atoms with Crippen LogP contribution in [-0.4, -0.2) is 15.0 Å². The summed E-state index contributed by atoms with van der Waals surface area (Å²) in [5, 5.41) is 0. The van der Waals surface area contributed by atoms with Crippen LogP contribution in [0.25, 0.3) is 22.8 Å². The van der Waals surface area contributed by atoms with Gasteiger partial charge in [-0.3, -0.25) is 9.97 Å². The molecule has 0 saturated carbocycles. The summed E-state index contributed by atoms with van der Waals surface area (Å²) in [6.45, 7) is 0. The van der Waals surface area contributed by atoms with Gasteiger partial charge in [0.1, 0.15) is 0 Å². The Labute approximate surface area is 123 Å². The Kier molecular flexibility index (Phi) is 2.96. The van der Waals surface area contributed by atoms with Crippen molar-refractivity contribution in [2.24, 2.45) is 0 Å². The Balaban J connectivity index is 1.92. The second-order valence-corrected chi connectivity index (χ2v) is 5.28. The van der Waals surface area contributed by atoms with Crippen LogP contribution in [-0.2, 0) is 12.8 Å². The smallest absolute Gasteiger partial charge is 0.0929 e. The molecule has 0 aromatic carbocycles. The number of aromatic nitrogens is 3. The van der Waals surface area contributed by atoms with Crippen molar-refractivity contribution < 1.29 is 0 Å². The summed E-state index contributed by atoms with van der Waals surface area (Å²) in [4.78, 5) is 13.8. The van der Waals surface area contributed by atoms with E-state index in [1.807, 2.05) is 48.8 Å². The summed E-state index contributed by atoms with van der Waals surface area (Å²) >= 11 is 0. The summed E-state index contributed by atoms with van der Waals surface area (Å²) in [6, 6.07) is 14.1. The Bertz CT molecular complexity index is 767. The average molecular weight is 273 g/mol. The lowest BCUT2D eigenvalue weighted by molar-refractivity contribution is 0.911. The van der Waals surface area contributed by atoms with Gasteiger partial charge in [-0.15, -0.1) is 0 Å². The van der Waals surface area contributed by atoms with E-state index in [2.05, 4.69) is 16.0 Å². The van der Waals surface area contributed by atoms with Crippen LogP contribution in [0.2, 0.25) is 0 Å². The standard InChI is InChI=1S/C18H15N3/c1-3-10-19-15(8-1)17-12-13-6-5-7-14(13)18(21-17)16-9-2-4-11-20-16/h1-4,8-12H,5-7H2. The monoisotopic (exact) mass is 273 g/mol. The van der Waals surface area contributed by atoms with Gasteiger partial charge in [0.2, 0.25) is 0 Å². The van der Waals surface area contributed by atoms with E-state index in [1.54, 1.807) is 0 Å². The largest absolute Gasteiger partial charge is 0.255 e. The van der Waals surface area contributed by atoms with Crippen LogP contribution < -0.4 is 0 Å². The Morgan fingerprint density at radius 3 is 2.24 bits per heavy atom. The maximum absolute atomic E-state index is 4.86. The molecule has 0 N–H and O–H groups in total. The number of fused-ring (bicyclic) bond motifs is 1. The highest BCUT2D eigenvalue weighted by atomic mass is 14.8. The van der Waals surface area contributed by atoms with E-state index in [4.69, 9.17) is 4.98 Å². The lowest BCUT2D eigenvalue weighted by Gasteiger charge is -2.10. The van der Waals surface area contributed by atoms with Gasteiger partial charge in [-0.2, -0.15) is 0 Å². The van der Waals surface area contributed by atoms with Crippen LogP contribution in [0.1, 0.15) is 17.5 Å². The van der Waals surface area contributed by atoms with Crippen molar-refractivity contribution in [2.45, 2.75) is 19.3 Å². The predicted octanol–water partition coefficient (Wildman–Crippen LogP) is 3.69. The molecule has 4 rings (SSSR count). The van der Waals surface area contributed by atoms with Crippen molar-refractivity contribution in [3.63, 3.8) is 0 Å². The van der Waals surface area contributed by atoms with Crippen LogP contribution in [0.4, 0.5) is 0 Å². The van der Waals surface area contributed by atoms with Gasteiger partial charge in [0.15, 0.2) is 0 Å². The van der Waals surface area contributed by atoms with E-state index in [9.17, 15) is 0 Å². The number of hydrogen-bond donors (Lipinski definition) is 0. The van der Waals surface area contributed by atoms with E-state index in [0.717, 1.165) is 35.6 Å². The van der Waals surface area contributed by atoms with Gasteiger partial charge in [0.25, 0.3) is 0 Å². The van der Waals surface area contributed by atoms with Crippen molar-refractivity contribution in [3.05, 3.63) is 66.0 Å². The van der Waals surface area contributed by atoms with Gasteiger partial charge in [-0.05, 0) is 60.7 Å². The highest BCUT2D eigenvalue weighted by Gasteiger charge is 2.20. The molecule has 3 heterocycles. The number of nitrogens with zero attached hydrogens (tertiary/aromatic N) is 3. The fourth-order valence-corrected chi connectivity index (χ4v) is 2.94. The molecule has 0 saturated heterocycles. The molecule has 0 radical (unpaired) electrons. The summed E-state index contributed by atoms with van der Waals surface area (Å²) in [5.74, 6) is 0. The summed E-state index contributed by atoms with van der Waals surface area (Å²) in [7, 11) is 0. The topological polar surface area (TPSA) is 38.7 Å². The minimum Gasteiger partial charge on any atom is -0.255 e. The Hall–Kier alpha value is -2.55. The molecule has 0 unspecified atom stereocenters. The normalized spacial score (nSPS) is 13.1. The quantitative estimate of drug-likeness (QED) is 0.714. The number of hydrogen-bond acceptors (Lipinski definition) is 3. The first kappa shape index (κ1) is 12.2. The molecular formula is C18H15N3. The predicted molar refractivity (Wildman–Crippen MR) is 82.7 cm³/mol. The third kappa shape index (κ3) is 2.21. The SMILES string of the molecule is c1ccc(-c2cc3c(c(-c4ccccn4)n2)CCC3)nc1. The van der Waals surface area contributed by atoms with Gasteiger partial charge in [-0.1, -0.05) is 12.1 Å². The molecule has 0 fully saturated rings. The zero-order valence-electron chi connectivity index (χ0n) is 11.7. The molecule has 0 bridgehead atoms. The molecule has 0 amide bonds. The van der Waals surface area contributed by atoms with Gasteiger partial charge < -0.3 is 0 Å². The molecule has 3 heteroatoms. The van der Waals surface area contributed by atoms with Crippen LogP contribution in [0.3, 0.4) is 0 Å². The molecule has 1 aliphatic carbocycles. The minimum absolute atomic E-state index is 0.921. The number of pyridine rings is 3. The number of rotatable bonds is 2. The molecule has 3 nitrogen and oxygen atoms in total. The van der Waals surface area contributed by atoms with Crippen LogP contribution in [0, 0.1) is 0 Å². The molecule has 0 aliphatic heterocycles. The van der Waals surface area contributed by atoms with Crippen molar-refractivity contribution in [3.8, 4) is 22.8 Å². The molecule has 3 aromatic rings. The Morgan fingerprint density at radius 1 is 0.762 bits per heavy atom. The van der Waals surface area contributed by atoms with Crippen LogP contribution in [0.15, 0.2) is 54.9 Å². The lowest BCUT2D eigenvalue weighted by Crippen LogP contribution is -1.98. The highest BCUT2D eigenvalue weighted by Crippen LogP contribution is 2.32. The molecule has 1 aliphatic rings. The van der Waals surface area contributed by atoms with Gasteiger partial charge in [0.05, 0.1) is 22.8 Å². The third-order valence-corrected chi connectivity index (χ3v) is 3.92. The summed E-state index contributed by atoms with van der Waals surface area (Å²) in [5.41, 5.74) is 6.58. The van der Waals surface area contributed by atoms with E-state index < -0.39 is 0 Å². The zero-order valence-corrected chi connectivity index (χ0v) is 11.7. The van der Waals surface area contributed by atoms with Gasteiger partial charge in [-0.25, -0.2) is 4.98 Å². The second-order valence-electron chi connectivity index (χ2n) is 5.28. The van der Waals surface area contributed by atoms with E-state index >= 15 is 0 Å². The minimum atomic E-state index is 0.921. The van der Waals surface area contributed by atoms with Crippen molar-refractivity contribution in [2.75, 3.05) is 0 Å². The second kappa shape index (κ2) is 5.09. The molecular weight excluding hydrogens is 258 g/mol. The maximum atomic E-state index is 4.86. The Morgan fingerprint density at radius 2 is 1.52 bits per heavy atom. The average Bonchev–Trinajstić information content (AvgIpc) is 3.04. The molecule has 21 heavy (non-hydrogen) atoms. The first-order chi connectivity index (χ1) is 10.4. The molecule has 102 valence electrons. The lowest BCUT2D eigenvalue weighted by atomic mass is 10.0. The highest BCUT2D eigenvalue weighted by molar-refractivity contribution is 5.68. The van der Waals surface area contributed by atoms with Gasteiger partial charge >= 0.3 is 0 Å². The molecule has 0 atom stereocenters. The zero-order chi connectivity index (χ0) is 14.1. The fourth-order valence-electron chi connectivity index (χ4n) is 2.94. The van der Waals surface area contributed by atoms with Gasteiger partial charge in [0, 0.05) is 12.4 Å². The van der Waals surface area contributed by atoms with Crippen molar-refractivity contribution in [1.82, 2.24) is 15.0 Å². The van der Waals surface area contributed by atoms with E-state index in [-0.39, 0.29) is 0 Å². The first-order valence-corrected chi connectivity index (χ1v) is 7.27. The summed E-state index contributed by atoms with van der Waals surface area (Å²) in [6.07, 6.45) is 7.05. The van der Waals surface area contributed by atoms with E-state index in [1.165, 1.54) is 17.5 Å². The van der Waals surface area contributed by atoms with Crippen LogP contribution in [0.5, 0.6) is 0 Å². The van der Waals surface area contributed by atoms with Crippen molar-refractivity contribution >= 4 is 0 Å². The van der Waals surface area contributed by atoms with Crippen molar-refractivity contribution in [1.29, 1.82) is 0 Å². The first-order valence-electron chi connectivity index (χ1n) is 7.27. The maximum Gasteiger partial charge on any atom is 0.0929 e. The van der Waals surface area contributed by atoms with E-state index in [0.29, 0.717) is 0 Å². The number of aryl methyl sites for hydroxylation is 1. The van der Waals surface area contributed by atoms with Crippen LogP contribution >= 0.6 is 0 Å². The molecule has 3 aromatic heterocycles. The summed E-state index contributed by atoms with van der Waals surface area (Å²) < 4.78 is 0.